The predicted molar refractivity (Wildman–Crippen MR) is 73.2 cm³/mol. The van der Waals surface area contributed by atoms with E-state index >= 15 is 0 Å². The van der Waals surface area contributed by atoms with E-state index in [-0.39, 0.29) is 0 Å². The average Bonchev–Trinajstić information content (AvgIpc) is 2.76. The first-order valence-corrected chi connectivity index (χ1v) is 7.00. The van der Waals surface area contributed by atoms with Crippen LogP contribution in [0.4, 0.5) is 0 Å². The molecule has 1 rings (SSSR count). The molecule has 0 aliphatic carbocycles. The van der Waals surface area contributed by atoms with Crippen LogP contribution >= 0.6 is 24.0 Å². The SMILES string of the molecule is CCCCCCCSC(=S)Nn1cnnc1. The van der Waals surface area contributed by atoms with Crippen LogP contribution in [0.5, 0.6) is 0 Å². The third kappa shape index (κ3) is 6.07. The molecule has 0 saturated heterocycles. The van der Waals surface area contributed by atoms with Crippen molar-refractivity contribution < 1.29 is 0 Å². The molecular formula is C10H18N4S2. The summed E-state index contributed by atoms with van der Waals surface area (Å²) in [5.41, 5.74) is 3.01. The van der Waals surface area contributed by atoms with E-state index in [0.29, 0.717) is 0 Å². The molecule has 0 unspecified atom stereocenters. The van der Waals surface area contributed by atoms with Crippen LogP contribution < -0.4 is 5.43 Å². The van der Waals surface area contributed by atoms with Crippen LogP contribution in [0.1, 0.15) is 39.0 Å². The van der Waals surface area contributed by atoms with Crippen molar-refractivity contribution in [2.24, 2.45) is 0 Å². The van der Waals surface area contributed by atoms with Crippen LogP contribution in [0.25, 0.3) is 0 Å². The standard InChI is InChI=1S/C10H18N4S2/c1-2-3-4-5-6-7-16-10(15)13-14-8-11-12-9-14/h8-9H,2-7H2,1H3,(H,13,15). The second kappa shape index (κ2) is 8.52. The largest absolute Gasteiger partial charge is 0.276 e. The van der Waals surface area contributed by atoms with Crippen molar-refractivity contribution in [2.45, 2.75) is 39.0 Å². The molecule has 0 aliphatic heterocycles. The predicted octanol–water partition coefficient (Wildman–Crippen LogP) is 2.81. The van der Waals surface area contributed by atoms with Gasteiger partial charge in [-0.05, 0) is 6.42 Å². The molecule has 6 heteroatoms. The quantitative estimate of drug-likeness (QED) is 0.602. The number of nitrogens with zero attached hydrogens (tertiary/aromatic N) is 3. The summed E-state index contributed by atoms with van der Waals surface area (Å²) in [7, 11) is 0. The van der Waals surface area contributed by atoms with Gasteiger partial charge < -0.3 is 0 Å². The summed E-state index contributed by atoms with van der Waals surface area (Å²) in [4.78, 5) is 0. The van der Waals surface area contributed by atoms with Crippen LogP contribution in [0.3, 0.4) is 0 Å². The highest BCUT2D eigenvalue weighted by Gasteiger charge is 1.98. The van der Waals surface area contributed by atoms with Crippen LogP contribution in [-0.4, -0.2) is 24.9 Å². The van der Waals surface area contributed by atoms with Crippen molar-refractivity contribution in [3.05, 3.63) is 12.7 Å². The van der Waals surface area contributed by atoms with Crippen molar-refractivity contribution in [1.82, 2.24) is 14.9 Å². The molecule has 16 heavy (non-hydrogen) atoms. The summed E-state index contributed by atoms with van der Waals surface area (Å²) in [6.07, 6.45) is 9.68. The Kier molecular flexibility index (Phi) is 7.16. The van der Waals surface area contributed by atoms with Crippen molar-refractivity contribution in [1.29, 1.82) is 0 Å². The third-order valence-electron chi connectivity index (χ3n) is 2.12. The van der Waals surface area contributed by atoms with E-state index < -0.39 is 0 Å². The molecule has 0 amide bonds. The lowest BCUT2D eigenvalue weighted by molar-refractivity contribution is 0.659. The van der Waals surface area contributed by atoms with Gasteiger partial charge in [-0.15, -0.1) is 10.2 Å². The molecule has 0 aromatic carbocycles. The maximum Gasteiger partial charge on any atom is 0.152 e. The van der Waals surface area contributed by atoms with Crippen molar-refractivity contribution in [2.75, 3.05) is 11.2 Å². The van der Waals surface area contributed by atoms with E-state index in [1.807, 2.05) is 0 Å². The maximum absolute atomic E-state index is 5.18. The van der Waals surface area contributed by atoms with E-state index in [4.69, 9.17) is 12.2 Å². The zero-order valence-electron chi connectivity index (χ0n) is 9.56. The summed E-state index contributed by atoms with van der Waals surface area (Å²) in [6.45, 7) is 2.23. The van der Waals surface area contributed by atoms with Gasteiger partial charge in [0.2, 0.25) is 0 Å². The van der Waals surface area contributed by atoms with Crippen LogP contribution in [0.15, 0.2) is 12.7 Å². The number of thiocarbonyl (C=S) groups is 1. The third-order valence-corrected chi connectivity index (χ3v) is 3.41. The summed E-state index contributed by atoms with van der Waals surface area (Å²) < 4.78 is 2.43. The summed E-state index contributed by atoms with van der Waals surface area (Å²) >= 11 is 6.85. The molecule has 4 nitrogen and oxygen atoms in total. The Morgan fingerprint density at radius 3 is 2.62 bits per heavy atom. The lowest BCUT2D eigenvalue weighted by Crippen LogP contribution is -2.16. The Labute approximate surface area is 106 Å². The molecule has 1 aromatic rings. The molecule has 0 saturated carbocycles. The van der Waals surface area contributed by atoms with Crippen molar-refractivity contribution in [3.63, 3.8) is 0 Å². The molecule has 0 fully saturated rings. The fourth-order valence-electron chi connectivity index (χ4n) is 1.27. The van der Waals surface area contributed by atoms with E-state index in [0.717, 1.165) is 10.1 Å². The Morgan fingerprint density at radius 1 is 1.25 bits per heavy atom. The summed E-state index contributed by atoms with van der Waals surface area (Å²) in [5.74, 6) is 1.08. The second-order valence-electron chi connectivity index (χ2n) is 3.53. The van der Waals surface area contributed by atoms with Gasteiger partial charge in [-0.25, -0.2) is 4.68 Å². The first-order valence-electron chi connectivity index (χ1n) is 5.61. The van der Waals surface area contributed by atoms with Crippen LogP contribution in [0, 0.1) is 0 Å². The zero-order chi connectivity index (χ0) is 11.6. The number of hydrogen-bond donors (Lipinski definition) is 1. The molecule has 0 radical (unpaired) electrons. The van der Waals surface area contributed by atoms with Crippen LogP contribution in [0.2, 0.25) is 0 Å². The minimum absolute atomic E-state index is 0.773. The highest BCUT2D eigenvalue weighted by molar-refractivity contribution is 8.23. The van der Waals surface area contributed by atoms with Gasteiger partial charge in [-0.1, -0.05) is 56.6 Å². The van der Waals surface area contributed by atoms with Crippen LogP contribution in [-0.2, 0) is 0 Å². The topological polar surface area (TPSA) is 42.7 Å². The minimum atomic E-state index is 0.773. The smallest absolute Gasteiger partial charge is 0.152 e. The number of unbranched alkanes of at least 4 members (excludes halogenated alkanes) is 4. The van der Waals surface area contributed by atoms with Gasteiger partial charge in [0.05, 0.1) is 0 Å². The van der Waals surface area contributed by atoms with E-state index in [1.54, 1.807) is 29.1 Å². The maximum atomic E-state index is 5.18. The minimum Gasteiger partial charge on any atom is -0.276 e. The van der Waals surface area contributed by atoms with Gasteiger partial charge in [0.1, 0.15) is 12.7 Å². The number of hydrogen-bond acceptors (Lipinski definition) is 4. The van der Waals surface area contributed by atoms with Gasteiger partial charge in [-0.3, -0.25) is 5.43 Å². The van der Waals surface area contributed by atoms with E-state index in [1.165, 1.54) is 32.1 Å². The lowest BCUT2D eigenvalue weighted by Gasteiger charge is -2.06. The normalized spacial score (nSPS) is 10.3. The van der Waals surface area contributed by atoms with Crippen molar-refractivity contribution >= 4 is 28.3 Å². The zero-order valence-corrected chi connectivity index (χ0v) is 11.2. The Morgan fingerprint density at radius 2 is 1.94 bits per heavy atom. The van der Waals surface area contributed by atoms with Crippen molar-refractivity contribution in [3.8, 4) is 0 Å². The summed E-state index contributed by atoms with van der Waals surface area (Å²) in [6, 6.07) is 0. The summed E-state index contributed by atoms with van der Waals surface area (Å²) in [5, 5.41) is 7.37. The van der Waals surface area contributed by atoms with E-state index in [9.17, 15) is 0 Å². The first-order chi connectivity index (χ1) is 7.83. The highest BCUT2D eigenvalue weighted by atomic mass is 32.2. The molecule has 1 aromatic heterocycles. The Balaban J connectivity index is 1.98. The molecule has 1 heterocycles. The number of thioether (sulfide) groups is 1. The van der Waals surface area contributed by atoms with E-state index in [2.05, 4.69) is 22.5 Å². The van der Waals surface area contributed by atoms with Gasteiger partial charge in [-0.2, -0.15) is 0 Å². The van der Waals surface area contributed by atoms with Gasteiger partial charge in [0.25, 0.3) is 0 Å². The highest BCUT2D eigenvalue weighted by Crippen LogP contribution is 2.09. The number of aromatic nitrogens is 3. The van der Waals surface area contributed by atoms with Gasteiger partial charge in [0, 0.05) is 5.75 Å². The molecule has 0 atom stereocenters. The Bertz CT molecular complexity index is 287. The molecule has 0 bridgehead atoms. The molecule has 0 aliphatic rings. The fourth-order valence-corrected chi connectivity index (χ4v) is 2.33. The second-order valence-corrected chi connectivity index (χ2v) is 5.30. The number of rotatable bonds is 7. The fraction of sp³-hybridized carbons (Fsp3) is 0.700. The molecule has 1 N–H and O–H groups in total. The van der Waals surface area contributed by atoms with Gasteiger partial charge >= 0.3 is 0 Å². The lowest BCUT2D eigenvalue weighted by atomic mass is 10.2. The van der Waals surface area contributed by atoms with Gasteiger partial charge in [0.15, 0.2) is 4.32 Å². The average molecular weight is 258 g/mol. The Hall–Kier alpha value is -0.620. The molecule has 90 valence electrons. The number of nitrogens with one attached hydrogen (secondary N) is 1. The monoisotopic (exact) mass is 258 g/mol. The first kappa shape index (κ1) is 13.4. The molecular weight excluding hydrogens is 240 g/mol. The molecule has 0 spiro atoms.